The van der Waals surface area contributed by atoms with E-state index in [1.807, 2.05) is 30.3 Å². The number of amides is 1. The van der Waals surface area contributed by atoms with Gasteiger partial charge in [0.05, 0.1) is 23.9 Å². The van der Waals surface area contributed by atoms with Crippen LogP contribution >= 0.6 is 11.3 Å². The Labute approximate surface area is 249 Å². The fourth-order valence-electron chi connectivity index (χ4n) is 4.54. The fraction of sp³-hybridized carbons (Fsp3) is 0.273. The number of aromatic nitrogens is 1. The van der Waals surface area contributed by atoms with Crippen LogP contribution < -0.4 is 9.64 Å². The lowest BCUT2D eigenvalue weighted by Gasteiger charge is -2.24. The minimum atomic E-state index is -0.980. The summed E-state index contributed by atoms with van der Waals surface area (Å²) in [6.07, 6.45) is 8.76. The minimum absolute atomic E-state index is 0.0263. The van der Waals surface area contributed by atoms with E-state index in [0.717, 1.165) is 42.6 Å². The molecule has 2 heterocycles. The zero-order valence-electron chi connectivity index (χ0n) is 23.7. The van der Waals surface area contributed by atoms with Gasteiger partial charge in [-0.05, 0) is 42.7 Å². The van der Waals surface area contributed by atoms with Gasteiger partial charge in [-0.15, -0.1) is 0 Å². The van der Waals surface area contributed by atoms with Crippen LogP contribution in [-0.4, -0.2) is 41.0 Å². The molecule has 1 atom stereocenters. The standard InChI is InChI=1S/C33H34N2O6S/c1-4-6-7-11-21-40-25-17-15-24(16-18-25)28-27(26(36)19-14-23-12-9-8-10-13-23)29(37)31(38)35(28)33-34-22(3)30(42-33)32(39)41-20-5-2/h5,8-10,12-19,28,37H,2,4,6-7,11,20-21H2,1,3H3. The van der Waals surface area contributed by atoms with Gasteiger partial charge in [0.15, 0.2) is 16.7 Å². The Kier molecular flexibility index (Phi) is 10.4. The van der Waals surface area contributed by atoms with Gasteiger partial charge >= 0.3 is 5.97 Å². The van der Waals surface area contributed by atoms with E-state index in [2.05, 4.69) is 18.5 Å². The molecular weight excluding hydrogens is 552 g/mol. The van der Waals surface area contributed by atoms with Crippen LogP contribution in [0.15, 0.2) is 84.7 Å². The molecule has 0 fully saturated rings. The van der Waals surface area contributed by atoms with Gasteiger partial charge in [0.2, 0.25) is 0 Å². The summed E-state index contributed by atoms with van der Waals surface area (Å²) in [6, 6.07) is 15.3. The molecule has 0 bridgehead atoms. The molecule has 1 aromatic heterocycles. The number of aliphatic hydroxyl groups is 1. The lowest BCUT2D eigenvalue weighted by molar-refractivity contribution is -0.117. The highest BCUT2D eigenvalue weighted by Crippen LogP contribution is 2.43. The van der Waals surface area contributed by atoms with Crippen molar-refractivity contribution < 1.29 is 29.0 Å². The van der Waals surface area contributed by atoms with Crippen molar-refractivity contribution in [2.75, 3.05) is 18.1 Å². The topological polar surface area (TPSA) is 106 Å². The Bertz CT molecular complexity index is 1490. The summed E-state index contributed by atoms with van der Waals surface area (Å²) in [6.45, 7) is 7.95. The van der Waals surface area contributed by atoms with Crippen LogP contribution in [0.1, 0.15) is 65.1 Å². The molecular formula is C33H34N2O6S. The first-order valence-corrected chi connectivity index (χ1v) is 14.7. The highest BCUT2D eigenvalue weighted by Gasteiger charge is 2.45. The number of ketones is 1. The summed E-state index contributed by atoms with van der Waals surface area (Å²) in [5, 5.41) is 11.2. The average Bonchev–Trinajstić information content (AvgIpc) is 3.51. The molecule has 8 nitrogen and oxygen atoms in total. The lowest BCUT2D eigenvalue weighted by atomic mass is 9.95. The van der Waals surface area contributed by atoms with Crippen molar-refractivity contribution in [2.24, 2.45) is 0 Å². The van der Waals surface area contributed by atoms with Gasteiger partial charge < -0.3 is 14.6 Å². The Morgan fingerprint density at radius 2 is 1.83 bits per heavy atom. The van der Waals surface area contributed by atoms with E-state index in [9.17, 15) is 19.5 Å². The van der Waals surface area contributed by atoms with Crippen molar-refractivity contribution in [1.82, 2.24) is 4.98 Å². The summed E-state index contributed by atoms with van der Waals surface area (Å²) >= 11 is 0.958. The van der Waals surface area contributed by atoms with Crippen LogP contribution in [0, 0.1) is 6.92 Å². The number of ether oxygens (including phenoxy) is 2. The van der Waals surface area contributed by atoms with Crippen LogP contribution in [-0.2, 0) is 14.3 Å². The Hall–Kier alpha value is -4.50. The number of benzene rings is 2. The van der Waals surface area contributed by atoms with Gasteiger partial charge in [-0.3, -0.25) is 14.5 Å². The number of unbranched alkanes of at least 4 members (excludes halogenated alkanes) is 3. The Balaban J connectivity index is 1.68. The number of allylic oxidation sites excluding steroid dienone is 1. The largest absolute Gasteiger partial charge is 0.503 e. The third-order valence-electron chi connectivity index (χ3n) is 6.67. The van der Waals surface area contributed by atoms with E-state index in [-0.39, 0.29) is 22.2 Å². The number of aryl methyl sites for hydroxylation is 1. The normalized spacial score (nSPS) is 15.0. The smallest absolute Gasteiger partial charge is 0.350 e. The molecule has 0 saturated heterocycles. The van der Waals surface area contributed by atoms with Crippen LogP contribution in [0.5, 0.6) is 5.75 Å². The van der Waals surface area contributed by atoms with E-state index < -0.39 is 29.5 Å². The van der Waals surface area contributed by atoms with Gasteiger partial charge in [-0.2, -0.15) is 0 Å². The lowest BCUT2D eigenvalue weighted by Crippen LogP contribution is -2.30. The van der Waals surface area contributed by atoms with Gasteiger partial charge in [0, 0.05) is 0 Å². The molecule has 0 spiro atoms. The van der Waals surface area contributed by atoms with Crippen LogP contribution in [0.4, 0.5) is 5.13 Å². The number of carbonyl (C=O) groups excluding carboxylic acids is 3. The first-order valence-electron chi connectivity index (χ1n) is 13.9. The predicted octanol–water partition coefficient (Wildman–Crippen LogP) is 6.94. The van der Waals surface area contributed by atoms with Crippen molar-refractivity contribution in [3.05, 3.63) is 106 Å². The number of anilines is 1. The number of hydrogen-bond donors (Lipinski definition) is 1. The second-order valence-electron chi connectivity index (χ2n) is 9.72. The third kappa shape index (κ3) is 7.03. The second-order valence-corrected chi connectivity index (χ2v) is 10.7. The number of thiazole rings is 1. The maximum absolute atomic E-state index is 13.5. The van der Waals surface area contributed by atoms with Crippen molar-refractivity contribution in [2.45, 2.75) is 45.6 Å². The predicted molar refractivity (Wildman–Crippen MR) is 164 cm³/mol. The van der Waals surface area contributed by atoms with E-state index in [1.165, 1.54) is 17.1 Å². The van der Waals surface area contributed by atoms with Crippen molar-refractivity contribution >= 4 is 40.2 Å². The maximum atomic E-state index is 13.5. The monoisotopic (exact) mass is 586 g/mol. The minimum Gasteiger partial charge on any atom is -0.503 e. The highest BCUT2D eigenvalue weighted by molar-refractivity contribution is 7.17. The molecule has 1 aliphatic heterocycles. The third-order valence-corrected chi connectivity index (χ3v) is 7.81. The zero-order chi connectivity index (χ0) is 30.1. The number of nitrogens with zero attached hydrogens (tertiary/aromatic N) is 2. The van der Waals surface area contributed by atoms with Crippen molar-refractivity contribution in [3.8, 4) is 5.75 Å². The van der Waals surface area contributed by atoms with Gasteiger partial charge in [-0.25, -0.2) is 9.78 Å². The zero-order valence-corrected chi connectivity index (χ0v) is 24.6. The van der Waals surface area contributed by atoms with Gasteiger partial charge in [0.25, 0.3) is 5.91 Å². The Morgan fingerprint density at radius 1 is 1.10 bits per heavy atom. The first kappa shape index (κ1) is 30.5. The molecule has 0 radical (unpaired) electrons. The van der Waals surface area contributed by atoms with Crippen molar-refractivity contribution in [3.63, 3.8) is 0 Å². The molecule has 2 aromatic carbocycles. The summed E-state index contributed by atoms with van der Waals surface area (Å²) in [5.41, 5.74) is 1.66. The molecule has 0 aliphatic carbocycles. The highest BCUT2D eigenvalue weighted by atomic mass is 32.1. The molecule has 9 heteroatoms. The maximum Gasteiger partial charge on any atom is 0.350 e. The number of esters is 1. The van der Waals surface area contributed by atoms with E-state index in [1.54, 1.807) is 37.3 Å². The first-order chi connectivity index (χ1) is 20.3. The molecule has 0 saturated carbocycles. The number of aliphatic hydroxyl groups excluding tert-OH is 1. The number of hydrogen-bond acceptors (Lipinski definition) is 8. The number of rotatable bonds is 14. The molecule has 42 heavy (non-hydrogen) atoms. The molecule has 3 aromatic rings. The quantitative estimate of drug-likeness (QED) is 0.0944. The van der Waals surface area contributed by atoms with Crippen LogP contribution in [0.2, 0.25) is 0 Å². The van der Waals surface area contributed by atoms with Crippen LogP contribution in [0.3, 0.4) is 0 Å². The molecule has 1 amide bonds. The van der Waals surface area contributed by atoms with Gasteiger partial charge in [-0.1, -0.05) is 98.7 Å². The van der Waals surface area contributed by atoms with Gasteiger partial charge in [0.1, 0.15) is 17.2 Å². The molecule has 1 unspecified atom stereocenters. The molecule has 4 rings (SSSR count). The molecule has 1 aliphatic rings. The molecule has 218 valence electrons. The number of carbonyl (C=O) groups is 3. The van der Waals surface area contributed by atoms with E-state index >= 15 is 0 Å². The summed E-state index contributed by atoms with van der Waals surface area (Å²) in [4.78, 5) is 45.5. The van der Waals surface area contributed by atoms with Crippen molar-refractivity contribution in [1.29, 1.82) is 0 Å². The van der Waals surface area contributed by atoms with E-state index in [4.69, 9.17) is 9.47 Å². The SMILES string of the molecule is C=CCOC(=O)c1sc(N2C(=O)C(O)=C(C(=O)C=Cc3ccccc3)C2c2ccc(OCCCCCC)cc2)nc1C. The average molecular weight is 587 g/mol. The Morgan fingerprint density at radius 3 is 2.52 bits per heavy atom. The summed E-state index contributed by atoms with van der Waals surface area (Å²) in [5.74, 6) is -1.91. The second kappa shape index (κ2) is 14.4. The summed E-state index contributed by atoms with van der Waals surface area (Å²) in [7, 11) is 0. The van der Waals surface area contributed by atoms with Crippen LogP contribution in [0.25, 0.3) is 6.08 Å². The van der Waals surface area contributed by atoms with E-state index in [0.29, 0.717) is 23.6 Å². The fourth-order valence-corrected chi connectivity index (χ4v) is 5.52. The summed E-state index contributed by atoms with van der Waals surface area (Å²) < 4.78 is 11.0. The molecule has 1 N–H and O–H groups in total.